The molecule has 3 N–H and O–H groups in total. The van der Waals surface area contributed by atoms with Gasteiger partial charge in [-0.15, -0.1) is 0 Å². The minimum Gasteiger partial charge on any atom is -0.495 e. The minimum atomic E-state index is -4.08. The summed E-state index contributed by atoms with van der Waals surface area (Å²) < 4.78 is 48.9. The Hall–Kier alpha value is -4.02. The Morgan fingerprint density at radius 1 is 1.08 bits per heavy atom. The maximum absolute atomic E-state index is 14.2. The number of ether oxygens (including phenoxy) is 2. The van der Waals surface area contributed by atoms with Crippen LogP contribution < -0.4 is 19.9 Å². The molecule has 198 valence electrons. The average Bonchev–Trinajstić information content (AvgIpc) is 3.15. The van der Waals surface area contributed by atoms with Crippen molar-refractivity contribution < 1.29 is 27.1 Å². The predicted octanol–water partition coefficient (Wildman–Crippen LogP) is 4.01. The number of carbonyl (C=O) groups excluding carboxylic acids is 1. The maximum atomic E-state index is 14.2. The van der Waals surface area contributed by atoms with Gasteiger partial charge in [0.25, 0.3) is 0 Å². The van der Waals surface area contributed by atoms with Gasteiger partial charge in [-0.3, -0.25) is 9.78 Å². The molecule has 0 saturated heterocycles. The maximum Gasteiger partial charge on any atom is 0.245 e. The number of sulfonamides is 1. The number of pyridine rings is 1. The summed E-state index contributed by atoms with van der Waals surface area (Å²) in [5, 5.41) is 8.22. The number of aromatic nitrogens is 1. The highest BCUT2D eigenvalue weighted by Gasteiger charge is 2.26. The summed E-state index contributed by atoms with van der Waals surface area (Å²) in [6.45, 7) is 2.19. The Kier molecular flexibility index (Phi) is 7.94. The first-order chi connectivity index (χ1) is 18.1. The average molecular weight is 538 g/mol. The van der Waals surface area contributed by atoms with E-state index >= 15 is 0 Å². The van der Waals surface area contributed by atoms with Crippen LogP contribution in [0.5, 0.6) is 11.5 Å². The summed E-state index contributed by atoms with van der Waals surface area (Å²) in [6, 6.07) is 13.2. The second-order valence-electron chi connectivity index (χ2n) is 8.76. The molecule has 1 amide bonds. The first kappa shape index (κ1) is 27.0. The number of methoxy groups -OCH3 is 2. The molecule has 1 aromatic heterocycles. The smallest absolute Gasteiger partial charge is 0.245 e. The molecule has 0 spiro atoms. The fraction of sp³-hybridized carbons (Fsp3) is 0.214. The van der Waals surface area contributed by atoms with Crippen molar-refractivity contribution in [3.05, 3.63) is 94.6 Å². The Bertz CT molecular complexity index is 1520. The Balaban J connectivity index is 1.64. The van der Waals surface area contributed by atoms with Crippen LogP contribution in [0.3, 0.4) is 0 Å². The van der Waals surface area contributed by atoms with Gasteiger partial charge in [0.1, 0.15) is 17.3 Å². The number of halogens is 1. The number of rotatable bonds is 9. The molecule has 1 aliphatic carbocycles. The standard InChI is InChI=1S/C28H28FN3O5S/c1-17-21(9-7-18-12-25(36-2)28(38(30,34)35)26(13-18)37-3)22-10-8-19(29)14-24(22)23(17)15-27(33)32-16-20-6-4-5-11-31-20/h4-6,8-14H,7,15-16H2,1-3H3,(H,32,33)(H2,30,34,35)/b21-9-. The first-order valence-electron chi connectivity index (χ1n) is 11.8. The molecule has 3 aromatic rings. The predicted molar refractivity (Wildman–Crippen MR) is 142 cm³/mol. The van der Waals surface area contributed by atoms with Crippen LogP contribution in [0.1, 0.15) is 35.7 Å². The summed E-state index contributed by atoms with van der Waals surface area (Å²) in [6.07, 6.45) is 4.09. The van der Waals surface area contributed by atoms with Crippen molar-refractivity contribution in [2.75, 3.05) is 14.2 Å². The third kappa shape index (κ3) is 5.76. The van der Waals surface area contributed by atoms with Crippen LogP contribution in [0.2, 0.25) is 0 Å². The summed E-state index contributed by atoms with van der Waals surface area (Å²) >= 11 is 0. The van der Waals surface area contributed by atoms with E-state index < -0.39 is 15.8 Å². The highest BCUT2D eigenvalue weighted by molar-refractivity contribution is 7.89. The number of nitrogens with one attached hydrogen (secondary N) is 1. The zero-order valence-corrected chi connectivity index (χ0v) is 22.1. The lowest BCUT2D eigenvalue weighted by molar-refractivity contribution is -0.120. The molecule has 0 fully saturated rings. The summed E-state index contributed by atoms with van der Waals surface area (Å²) in [5.41, 5.74) is 5.41. The molecule has 1 heterocycles. The Morgan fingerprint density at radius 3 is 2.39 bits per heavy atom. The molecule has 2 aromatic carbocycles. The van der Waals surface area contributed by atoms with Crippen molar-refractivity contribution in [3.63, 3.8) is 0 Å². The molecule has 10 heteroatoms. The monoisotopic (exact) mass is 537 g/mol. The number of hydrogen-bond acceptors (Lipinski definition) is 6. The number of hydrogen-bond donors (Lipinski definition) is 2. The van der Waals surface area contributed by atoms with E-state index in [-0.39, 0.29) is 28.7 Å². The van der Waals surface area contributed by atoms with E-state index in [1.807, 2.05) is 25.1 Å². The van der Waals surface area contributed by atoms with Crippen molar-refractivity contribution >= 4 is 27.1 Å². The van der Waals surface area contributed by atoms with E-state index in [1.54, 1.807) is 30.5 Å². The molecular weight excluding hydrogens is 509 g/mol. The highest BCUT2D eigenvalue weighted by atomic mass is 32.2. The molecule has 8 nitrogen and oxygen atoms in total. The van der Waals surface area contributed by atoms with Gasteiger partial charge in [0.05, 0.1) is 32.9 Å². The van der Waals surface area contributed by atoms with Gasteiger partial charge in [-0.25, -0.2) is 17.9 Å². The number of fused-ring (bicyclic) bond motifs is 1. The van der Waals surface area contributed by atoms with Gasteiger partial charge >= 0.3 is 0 Å². The molecule has 0 unspecified atom stereocenters. The van der Waals surface area contributed by atoms with Crippen molar-refractivity contribution in [3.8, 4) is 11.5 Å². The number of primary sulfonamides is 1. The molecule has 0 atom stereocenters. The van der Waals surface area contributed by atoms with Gasteiger partial charge in [0.15, 0.2) is 4.90 Å². The van der Waals surface area contributed by atoms with Crippen LogP contribution in [0.25, 0.3) is 11.1 Å². The van der Waals surface area contributed by atoms with Gasteiger partial charge in [0.2, 0.25) is 15.9 Å². The van der Waals surface area contributed by atoms with Crippen molar-refractivity contribution in [1.29, 1.82) is 0 Å². The number of allylic oxidation sites excluding steroid dienone is 3. The van der Waals surface area contributed by atoms with Crippen LogP contribution >= 0.6 is 0 Å². The van der Waals surface area contributed by atoms with Gasteiger partial charge in [-0.2, -0.15) is 0 Å². The highest BCUT2D eigenvalue weighted by Crippen LogP contribution is 2.43. The molecule has 4 rings (SSSR count). The topological polar surface area (TPSA) is 121 Å². The quantitative estimate of drug-likeness (QED) is 0.426. The summed E-state index contributed by atoms with van der Waals surface area (Å²) in [4.78, 5) is 16.8. The van der Waals surface area contributed by atoms with Crippen LogP contribution in [0.4, 0.5) is 4.39 Å². The number of nitrogens with zero attached hydrogens (tertiary/aromatic N) is 1. The zero-order chi connectivity index (χ0) is 27.4. The van der Waals surface area contributed by atoms with Gasteiger partial charge in [-0.1, -0.05) is 18.2 Å². The molecule has 1 aliphatic rings. The van der Waals surface area contributed by atoms with Crippen LogP contribution in [0, 0.1) is 5.82 Å². The Labute approximate surface area is 221 Å². The third-order valence-corrected chi connectivity index (χ3v) is 7.30. The number of nitrogens with two attached hydrogens (primary N) is 1. The molecule has 0 aliphatic heterocycles. The third-order valence-electron chi connectivity index (χ3n) is 6.33. The van der Waals surface area contributed by atoms with E-state index in [0.29, 0.717) is 18.5 Å². The van der Waals surface area contributed by atoms with E-state index in [4.69, 9.17) is 14.6 Å². The van der Waals surface area contributed by atoms with Crippen molar-refractivity contribution in [2.24, 2.45) is 5.14 Å². The lowest BCUT2D eigenvalue weighted by atomic mass is 10.0. The normalized spacial score (nSPS) is 14.0. The first-order valence-corrected chi connectivity index (χ1v) is 13.3. The Morgan fingerprint density at radius 2 is 1.79 bits per heavy atom. The SMILES string of the molecule is COc1cc(C/C=C2/C(C)=C(CC(=O)NCc3ccccn3)c3cc(F)ccc32)cc(OC)c1S(N)(=O)=O. The molecule has 38 heavy (non-hydrogen) atoms. The molecule has 0 radical (unpaired) electrons. The number of amides is 1. The lowest BCUT2D eigenvalue weighted by Gasteiger charge is -2.13. The van der Waals surface area contributed by atoms with E-state index in [0.717, 1.165) is 33.5 Å². The minimum absolute atomic E-state index is 0.0756. The largest absolute Gasteiger partial charge is 0.495 e. The molecular formula is C28H28FN3O5S. The summed E-state index contributed by atoms with van der Waals surface area (Å²) in [7, 11) is -1.37. The van der Waals surface area contributed by atoms with Crippen LogP contribution in [0.15, 0.2) is 71.3 Å². The number of carbonyl (C=O) groups is 1. The van der Waals surface area contributed by atoms with Crippen LogP contribution in [-0.4, -0.2) is 33.5 Å². The van der Waals surface area contributed by atoms with Crippen molar-refractivity contribution in [1.82, 2.24) is 10.3 Å². The van der Waals surface area contributed by atoms with E-state index in [9.17, 15) is 17.6 Å². The molecule has 0 bridgehead atoms. The van der Waals surface area contributed by atoms with E-state index in [2.05, 4.69) is 10.3 Å². The molecule has 0 saturated carbocycles. The zero-order valence-electron chi connectivity index (χ0n) is 21.2. The van der Waals surface area contributed by atoms with Gasteiger partial charge in [0, 0.05) is 6.20 Å². The number of benzene rings is 2. The lowest BCUT2D eigenvalue weighted by Crippen LogP contribution is -2.23. The second kappa shape index (κ2) is 11.2. The van der Waals surface area contributed by atoms with E-state index in [1.165, 1.54) is 26.4 Å². The van der Waals surface area contributed by atoms with Crippen LogP contribution in [-0.2, 0) is 27.8 Å². The van der Waals surface area contributed by atoms with Gasteiger partial charge < -0.3 is 14.8 Å². The van der Waals surface area contributed by atoms with Crippen molar-refractivity contribution in [2.45, 2.75) is 31.2 Å². The van der Waals surface area contributed by atoms with Gasteiger partial charge in [-0.05, 0) is 83.2 Å². The summed E-state index contributed by atoms with van der Waals surface area (Å²) in [5.74, 6) is -0.440. The second-order valence-corrected chi connectivity index (χ2v) is 10.3. The fourth-order valence-electron chi connectivity index (χ4n) is 4.53. The fourth-order valence-corrected chi connectivity index (χ4v) is 5.37.